The van der Waals surface area contributed by atoms with Crippen molar-refractivity contribution in [2.75, 3.05) is 20.3 Å². The van der Waals surface area contributed by atoms with Crippen LogP contribution in [0.1, 0.15) is 12.5 Å². The molecule has 2 aromatic rings. The van der Waals surface area contributed by atoms with E-state index in [4.69, 9.17) is 9.47 Å². The normalized spacial score (nSPS) is 10.7. The van der Waals surface area contributed by atoms with Gasteiger partial charge in [-0.2, -0.15) is 5.10 Å². The Labute approximate surface area is 119 Å². The van der Waals surface area contributed by atoms with Crippen molar-refractivity contribution in [1.82, 2.24) is 15.1 Å². The van der Waals surface area contributed by atoms with Gasteiger partial charge in [0.15, 0.2) is 5.75 Å². The van der Waals surface area contributed by atoms with E-state index in [0.717, 1.165) is 37.7 Å². The maximum atomic E-state index is 5.74. The van der Waals surface area contributed by atoms with Crippen LogP contribution in [-0.2, 0) is 17.8 Å². The van der Waals surface area contributed by atoms with Gasteiger partial charge in [0.2, 0.25) is 0 Å². The van der Waals surface area contributed by atoms with Crippen LogP contribution in [-0.4, -0.2) is 30.0 Å². The Bertz CT molecular complexity index is 508. The van der Waals surface area contributed by atoms with Crippen LogP contribution in [0.15, 0.2) is 36.7 Å². The molecule has 0 atom stereocenters. The Morgan fingerprint density at radius 2 is 2.00 bits per heavy atom. The first-order chi connectivity index (χ1) is 9.81. The average Bonchev–Trinajstić information content (AvgIpc) is 2.93. The molecular formula is C15H21N3O2. The fourth-order valence-corrected chi connectivity index (χ4v) is 1.79. The third-order valence-corrected chi connectivity index (χ3v) is 2.90. The number of nitrogens with one attached hydrogen (secondary N) is 1. The number of nitrogens with zero attached hydrogens (tertiary/aromatic N) is 2. The van der Waals surface area contributed by atoms with Crippen molar-refractivity contribution in [3.05, 3.63) is 42.2 Å². The summed E-state index contributed by atoms with van der Waals surface area (Å²) in [6, 6.07) is 8.05. The zero-order valence-electron chi connectivity index (χ0n) is 12.0. The van der Waals surface area contributed by atoms with E-state index >= 15 is 0 Å². The molecule has 20 heavy (non-hydrogen) atoms. The smallest absolute Gasteiger partial charge is 0.165 e. The third-order valence-electron chi connectivity index (χ3n) is 2.90. The van der Waals surface area contributed by atoms with Gasteiger partial charge in [-0.05, 0) is 24.6 Å². The number of methoxy groups -OCH3 is 1. The van der Waals surface area contributed by atoms with Crippen LogP contribution in [0.25, 0.3) is 0 Å². The summed E-state index contributed by atoms with van der Waals surface area (Å²) in [5, 5.41) is 7.48. The third kappa shape index (κ3) is 4.36. The Morgan fingerprint density at radius 3 is 2.65 bits per heavy atom. The summed E-state index contributed by atoms with van der Waals surface area (Å²) in [5.74, 6) is 1.58. The van der Waals surface area contributed by atoms with Gasteiger partial charge in [0.05, 0.1) is 19.0 Å². The van der Waals surface area contributed by atoms with Crippen LogP contribution in [0.4, 0.5) is 0 Å². The summed E-state index contributed by atoms with van der Waals surface area (Å²) < 4.78 is 12.6. The second-order valence-electron chi connectivity index (χ2n) is 4.45. The molecule has 2 rings (SSSR count). The van der Waals surface area contributed by atoms with Gasteiger partial charge in [0.1, 0.15) is 5.75 Å². The van der Waals surface area contributed by atoms with Crippen molar-refractivity contribution in [3.8, 4) is 11.5 Å². The Balaban J connectivity index is 1.84. The molecule has 1 aromatic heterocycles. The molecule has 0 aliphatic carbocycles. The Hall–Kier alpha value is -1.85. The molecule has 0 saturated carbocycles. The van der Waals surface area contributed by atoms with Gasteiger partial charge in [-0.1, -0.05) is 12.1 Å². The summed E-state index contributed by atoms with van der Waals surface area (Å²) in [5.41, 5.74) is 1.22. The molecule has 1 aromatic carbocycles. The van der Waals surface area contributed by atoms with E-state index in [1.165, 1.54) is 5.56 Å². The first-order valence-electron chi connectivity index (χ1n) is 6.80. The monoisotopic (exact) mass is 275 g/mol. The highest BCUT2D eigenvalue weighted by Gasteiger charge is 2.01. The minimum absolute atomic E-state index is 0.725. The number of hydrogen-bond acceptors (Lipinski definition) is 4. The molecule has 0 fully saturated rings. The van der Waals surface area contributed by atoms with E-state index in [-0.39, 0.29) is 0 Å². The predicted molar refractivity (Wildman–Crippen MR) is 78.0 cm³/mol. The van der Waals surface area contributed by atoms with Gasteiger partial charge in [-0.3, -0.25) is 4.68 Å². The van der Waals surface area contributed by atoms with Crippen molar-refractivity contribution >= 4 is 0 Å². The molecule has 1 N–H and O–H groups in total. The van der Waals surface area contributed by atoms with E-state index in [2.05, 4.69) is 22.5 Å². The van der Waals surface area contributed by atoms with Crippen molar-refractivity contribution in [3.63, 3.8) is 0 Å². The Kier molecular flexibility index (Phi) is 5.58. The first kappa shape index (κ1) is 14.6. The van der Waals surface area contributed by atoms with Gasteiger partial charge in [0.25, 0.3) is 0 Å². The van der Waals surface area contributed by atoms with E-state index in [1.807, 2.05) is 29.9 Å². The van der Waals surface area contributed by atoms with Gasteiger partial charge < -0.3 is 14.8 Å². The molecule has 5 nitrogen and oxygen atoms in total. The van der Waals surface area contributed by atoms with E-state index in [0.29, 0.717) is 0 Å². The first-order valence-corrected chi connectivity index (χ1v) is 6.80. The predicted octanol–water partition coefficient (Wildman–Crippen LogP) is 2.43. The molecule has 0 unspecified atom stereocenters. The summed E-state index contributed by atoms with van der Waals surface area (Å²) in [6.07, 6.45) is 3.62. The highest BCUT2D eigenvalue weighted by atomic mass is 16.5. The fraction of sp³-hybridized carbons (Fsp3) is 0.400. The molecule has 0 spiro atoms. The van der Waals surface area contributed by atoms with Crippen LogP contribution in [0.2, 0.25) is 0 Å². The quantitative estimate of drug-likeness (QED) is 0.752. The molecule has 1 heterocycles. The van der Waals surface area contributed by atoms with Crippen LogP contribution in [0, 0.1) is 0 Å². The second-order valence-corrected chi connectivity index (χ2v) is 4.45. The zero-order valence-corrected chi connectivity index (χ0v) is 12.0. The topological polar surface area (TPSA) is 48.3 Å². The maximum absolute atomic E-state index is 5.74. The number of aromatic nitrogens is 2. The van der Waals surface area contributed by atoms with E-state index in [9.17, 15) is 0 Å². The highest BCUT2D eigenvalue weighted by Crippen LogP contribution is 2.20. The standard InChI is InChI=1S/C15H21N3O2/c1-3-18-12-15(11-17-18)20-14-6-4-13(5-7-14)10-16-8-9-19-2/h4-7,11-12,16H,3,8-10H2,1-2H3. The highest BCUT2D eigenvalue weighted by molar-refractivity contribution is 5.31. The Morgan fingerprint density at radius 1 is 1.20 bits per heavy atom. The molecule has 0 saturated heterocycles. The van der Waals surface area contributed by atoms with Crippen molar-refractivity contribution in [2.45, 2.75) is 20.0 Å². The van der Waals surface area contributed by atoms with Gasteiger partial charge in [0, 0.05) is 26.7 Å². The summed E-state index contributed by atoms with van der Waals surface area (Å²) in [6.45, 7) is 5.29. The number of benzene rings is 1. The van der Waals surface area contributed by atoms with Crippen LogP contribution in [0.3, 0.4) is 0 Å². The molecule has 0 bridgehead atoms. The van der Waals surface area contributed by atoms with Gasteiger partial charge >= 0.3 is 0 Å². The average molecular weight is 275 g/mol. The lowest BCUT2D eigenvalue weighted by molar-refractivity contribution is 0.199. The number of rotatable bonds is 8. The minimum Gasteiger partial charge on any atom is -0.454 e. The maximum Gasteiger partial charge on any atom is 0.165 e. The van der Waals surface area contributed by atoms with E-state index < -0.39 is 0 Å². The molecular weight excluding hydrogens is 254 g/mol. The second kappa shape index (κ2) is 7.67. The number of aryl methyl sites for hydroxylation is 1. The van der Waals surface area contributed by atoms with Gasteiger partial charge in [-0.25, -0.2) is 0 Å². The van der Waals surface area contributed by atoms with E-state index in [1.54, 1.807) is 13.3 Å². The molecule has 0 aliphatic rings. The van der Waals surface area contributed by atoms with Crippen molar-refractivity contribution in [1.29, 1.82) is 0 Å². The fourth-order valence-electron chi connectivity index (χ4n) is 1.79. The number of ether oxygens (including phenoxy) is 2. The lowest BCUT2D eigenvalue weighted by atomic mass is 10.2. The van der Waals surface area contributed by atoms with Crippen molar-refractivity contribution < 1.29 is 9.47 Å². The minimum atomic E-state index is 0.725. The van der Waals surface area contributed by atoms with Crippen molar-refractivity contribution in [2.24, 2.45) is 0 Å². The lowest BCUT2D eigenvalue weighted by Gasteiger charge is -2.06. The molecule has 108 valence electrons. The summed E-state index contributed by atoms with van der Waals surface area (Å²) >= 11 is 0. The largest absolute Gasteiger partial charge is 0.454 e. The zero-order chi connectivity index (χ0) is 14.2. The molecule has 5 heteroatoms. The lowest BCUT2D eigenvalue weighted by Crippen LogP contribution is -2.18. The van der Waals surface area contributed by atoms with Crippen LogP contribution < -0.4 is 10.1 Å². The summed E-state index contributed by atoms with van der Waals surface area (Å²) in [4.78, 5) is 0. The van der Waals surface area contributed by atoms with Crippen LogP contribution >= 0.6 is 0 Å². The van der Waals surface area contributed by atoms with Crippen LogP contribution in [0.5, 0.6) is 11.5 Å². The van der Waals surface area contributed by atoms with Gasteiger partial charge in [-0.15, -0.1) is 0 Å². The SMILES string of the molecule is CCn1cc(Oc2ccc(CNCCOC)cc2)cn1. The molecule has 0 radical (unpaired) electrons. The molecule has 0 aliphatic heterocycles. The number of hydrogen-bond donors (Lipinski definition) is 1. The molecule has 0 amide bonds. The summed E-state index contributed by atoms with van der Waals surface area (Å²) in [7, 11) is 1.70.